The van der Waals surface area contributed by atoms with Gasteiger partial charge in [-0.3, -0.25) is 9.36 Å². The highest BCUT2D eigenvalue weighted by Gasteiger charge is 2.10. The van der Waals surface area contributed by atoms with Gasteiger partial charge < -0.3 is 5.32 Å². The van der Waals surface area contributed by atoms with Crippen LogP contribution in [0.2, 0.25) is 0 Å². The number of aromatic nitrogens is 5. The number of fused-ring (bicyclic) bond motifs is 1. The molecule has 0 aromatic carbocycles. The number of nitrogens with zero attached hydrogens (tertiary/aromatic N) is 5. The standard InChI is InChI=1S/C15H16N6O/c1-9(2)15(22)20-12-5-4-11(6-16-12)21-8-19-13-10(3)17-7-18-14(13)21/h4-9H,1-3H3,(H,16,20,22). The average molecular weight is 296 g/mol. The first-order valence-corrected chi connectivity index (χ1v) is 6.98. The molecule has 3 aromatic rings. The second-order valence-corrected chi connectivity index (χ2v) is 5.29. The third kappa shape index (κ3) is 2.52. The van der Waals surface area contributed by atoms with E-state index in [1.165, 1.54) is 6.33 Å². The van der Waals surface area contributed by atoms with Crippen molar-refractivity contribution < 1.29 is 4.79 Å². The molecule has 0 aliphatic heterocycles. The molecule has 0 saturated carbocycles. The van der Waals surface area contributed by atoms with Crippen LogP contribution in [0.1, 0.15) is 19.5 Å². The van der Waals surface area contributed by atoms with Crippen LogP contribution in [0.15, 0.2) is 31.0 Å². The SMILES string of the molecule is Cc1ncnc2c1ncn2-c1ccc(NC(=O)C(C)C)nc1. The van der Waals surface area contributed by atoms with Crippen LogP contribution >= 0.6 is 0 Å². The van der Waals surface area contributed by atoms with E-state index in [0.29, 0.717) is 5.82 Å². The van der Waals surface area contributed by atoms with Crippen molar-refractivity contribution in [2.24, 2.45) is 5.92 Å². The molecule has 3 rings (SSSR count). The highest BCUT2D eigenvalue weighted by atomic mass is 16.1. The van der Waals surface area contributed by atoms with Crippen molar-refractivity contribution in [1.82, 2.24) is 24.5 Å². The molecule has 0 aliphatic rings. The third-order valence-corrected chi connectivity index (χ3v) is 3.32. The van der Waals surface area contributed by atoms with Crippen LogP contribution in [0, 0.1) is 12.8 Å². The summed E-state index contributed by atoms with van der Waals surface area (Å²) in [5.41, 5.74) is 3.15. The van der Waals surface area contributed by atoms with Gasteiger partial charge >= 0.3 is 0 Å². The number of nitrogens with one attached hydrogen (secondary N) is 1. The predicted molar refractivity (Wildman–Crippen MR) is 82.7 cm³/mol. The van der Waals surface area contributed by atoms with E-state index in [1.54, 1.807) is 18.6 Å². The van der Waals surface area contributed by atoms with E-state index in [1.807, 2.05) is 31.4 Å². The molecule has 22 heavy (non-hydrogen) atoms. The molecule has 7 heteroatoms. The van der Waals surface area contributed by atoms with Crippen LogP contribution in [0.5, 0.6) is 0 Å². The van der Waals surface area contributed by atoms with Gasteiger partial charge in [-0.25, -0.2) is 19.9 Å². The minimum atomic E-state index is -0.0845. The Morgan fingerprint density at radius 1 is 1.18 bits per heavy atom. The molecule has 0 saturated heterocycles. The monoisotopic (exact) mass is 296 g/mol. The lowest BCUT2D eigenvalue weighted by atomic mass is 10.2. The van der Waals surface area contributed by atoms with Crippen LogP contribution in [-0.4, -0.2) is 30.4 Å². The fourth-order valence-electron chi connectivity index (χ4n) is 2.01. The van der Waals surface area contributed by atoms with Crippen LogP contribution in [0.4, 0.5) is 5.82 Å². The van der Waals surface area contributed by atoms with Crippen molar-refractivity contribution in [3.63, 3.8) is 0 Å². The Labute approximate surface area is 127 Å². The fourth-order valence-corrected chi connectivity index (χ4v) is 2.01. The van der Waals surface area contributed by atoms with E-state index >= 15 is 0 Å². The van der Waals surface area contributed by atoms with Crippen molar-refractivity contribution in [3.05, 3.63) is 36.7 Å². The van der Waals surface area contributed by atoms with Gasteiger partial charge in [-0.2, -0.15) is 0 Å². The van der Waals surface area contributed by atoms with E-state index < -0.39 is 0 Å². The molecule has 3 aromatic heterocycles. The number of hydrogen-bond acceptors (Lipinski definition) is 5. The lowest BCUT2D eigenvalue weighted by Crippen LogP contribution is -2.18. The average Bonchev–Trinajstić information content (AvgIpc) is 2.93. The molecule has 0 radical (unpaired) electrons. The third-order valence-electron chi connectivity index (χ3n) is 3.32. The summed E-state index contributed by atoms with van der Waals surface area (Å²) in [7, 11) is 0. The van der Waals surface area contributed by atoms with Crippen molar-refractivity contribution in [2.75, 3.05) is 5.32 Å². The second-order valence-electron chi connectivity index (χ2n) is 5.29. The maximum absolute atomic E-state index is 11.7. The van der Waals surface area contributed by atoms with Gasteiger partial charge in [-0.05, 0) is 19.1 Å². The molecule has 0 fully saturated rings. The van der Waals surface area contributed by atoms with E-state index in [-0.39, 0.29) is 11.8 Å². The first-order chi connectivity index (χ1) is 10.6. The second kappa shape index (κ2) is 5.51. The molecule has 0 aliphatic carbocycles. The number of carbonyl (C=O) groups excluding carboxylic acids is 1. The molecule has 112 valence electrons. The molecular formula is C15H16N6O. The van der Waals surface area contributed by atoms with Crippen molar-refractivity contribution in [2.45, 2.75) is 20.8 Å². The van der Waals surface area contributed by atoms with E-state index in [9.17, 15) is 4.79 Å². The molecule has 7 nitrogen and oxygen atoms in total. The molecular weight excluding hydrogens is 280 g/mol. The van der Waals surface area contributed by atoms with E-state index in [0.717, 1.165) is 22.5 Å². The molecule has 0 bridgehead atoms. The fraction of sp³-hybridized carbons (Fsp3) is 0.267. The summed E-state index contributed by atoms with van der Waals surface area (Å²) in [6.45, 7) is 5.57. The highest BCUT2D eigenvalue weighted by Crippen LogP contribution is 2.18. The van der Waals surface area contributed by atoms with Crippen LogP contribution in [-0.2, 0) is 4.79 Å². The molecule has 1 N–H and O–H groups in total. The first-order valence-electron chi connectivity index (χ1n) is 6.98. The van der Waals surface area contributed by atoms with Gasteiger partial charge in [-0.1, -0.05) is 13.8 Å². The summed E-state index contributed by atoms with van der Waals surface area (Å²) < 4.78 is 1.84. The Bertz CT molecular complexity index is 822. The van der Waals surface area contributed by atoms with E-state index in [4.69, 9.17) is 0 Å². The Hall–Kier alpha value is -2.83. The highest BCUT2D eigenvalue weighted by molar-refractivity contribution is 5.91. The topological polar surface area (TPSA) is 85.6 Å². The number of imidazole rings is 1. The molecule has 0 spiro atoms. The van der Waals surface area contributed by atoms with Crippen molar-refractivity contribution in [1.29, 1.82) is 0 Å². The molecule has 0 unspecified atom stereocenters. The van der Waals surface area contributed by atoms with Crippen LogP contribution in [0.3, 0.4) is 0 Å². The number of amides is 1. The van der Waals surface area contributed by atoms with Crippen LogP contribution < -0.4 is 5.32 Å². The first kappa shape index (κ1) is 14.1. The minimum absolute atomic E-state index is 0.0586. The molecule has 3 heterocycles. The zero-order valence-corrected chi connectivity index (χ0v) is 12.6. The summed E-state index contributed by atoms with van der Waals surface area (Å²) in [5, 5.41) is 2.76. The number of pyridine rings is 1. The summed E-state index contributed by atoms with van der Waals surface area (Å²) in [6, 6.07) is 3.62. The molecule has 1 amide bonds. The van der Waals surface area contributed by atoms with Gasteiger partial charge in [0.1, 0.15) is 24.0 Å². The lowest BCUT2D eigenvalue weighted by molar-refractivity contribution is -0.118. The zero-order valence-electron chi connectivity index (χ0n) is 12.6. The number of carbonyl (C=O) groups is 1. The van der Waals surface area contributed by atoms with Crippen molar-refractivity contribution in [3.8, 4) is 5.69 Å². The predicted octanol–water partition coefficient (Wildman–Crippen LogP) is 2.11. The molecule has 0 atom stereocenters. The summed E-state index contributed by atoms with van der Waals surface area (Å²) in [5.74, 6) is 0.383. The van der Waals surface area contributed by atoms with Gasteiger partial charge in [0.15, 0.2) is 5.65 Å². The van der Waals surface area contributed by atoms with Gasteiger partial charge in [0, 0.05) is 5.92 Å². The minimum Gasteiger partial charge on any atom is -0.310 e. The van der Waals surface area contributed by atoms with E-state index in [2.05, 4.69) is 25.3 Å². The van der Waals surface area contributed by atoms with Gasteiger partial charge in [0.05, 0.1) is 17.6 Å². The maximum Gasteiger partial charge on any atom is 0.228 e. The number of hydrogen-bond donors (Lipinski definition) is 1. The summed E-state index contributed by atoms with van der Waals surface area (Å²) >= 11 is 0. The van der Waals surface area contributed by atoms with Crippen molar-refractivity contribution >= 4 is 22.9 Å². The number of anilines is 1. The van der Waals surface area contributed by atoms with Gasteiger partial charge in [0.2, 0.25) is 5.91 Å². The smallest absolute Gasteiger partial charge is 0.228 e. The largest absolute Gasteiger partial charge is 0.310 e. The number of aryl methyl sites for hydroxylation is 1. The Kier molecular flexibility index (Phi) is 3.54. The Morgan fingerprint density at radius 3 is 2.68 bits per heavy atom. The summed E-state index contributed by atoms with van der Waals surface area (Å²) in [6.07, 6.45) is 4.88. The lowest BCUT2D eigenvalue weighted by Gasteiger charge is -2.08. The quantitative estimate of drug-likeness (QED) is 0.800. The maximum atomic E-state index is 11.7. The Morgan fingerprint density at radius 2 is 2.00 bits per heavy atom. The normalized spacial score (nSPS) is 11.1. The summed E-state index contributed by atoms with van der Waals surface area (Å²) in [4.78, 5) is 28.6. The Balaban J connectivity index is 1.92. The zero-order chi connectivity index (χ0) is 15.7. The van der Waals surface area contributed by atoms with Gasteiger partial charge in [-0.15, -0.1) is 0 Å². The van der Waals surface area contributed by atoms with Gasteiger partial charge in [0.25, 0.3) is 0 Å². The number of rotatable bonds is 3. The van der Waals surface area contributed by atoms with Crippen LogP contribution in [0.25, 0.3) is 16.9 Å².